The number of carbonyl (C=O) groups is 1. The highest BCUT2D eigenvalue weighted by molar-refractivity contribution is 5.79. The molecule has 3 nitrogen and oxygen atoms in total. The Morgan fingerprint density at radius 2 is 2.05 bits per heavy atom. The first-order valence-corrected chi connectivity index (χ1v) is 8.55. The van der Waals surface area contributed by atoms with E-state index >= 15 is 0 Å². The molecule has 0 unspecified atom stereocenters. The Balaban J connectivity index is 1.35. The third kappa shape index (κ3) is 2.26. The van der Waals surface area contributed by atoms with Crippen molar-refractivity contribution in [2.45, 2.75) is 51.2 Å². The van der Waals surface area contributed by atoms with Crippen LogP contribution in [0.1, 0.15) is 44.6 Å². The maximum absolute atomic E-state index is 12.4. The molecule has 2 bridgehead atoms. The number of nitrogens with one attached hydrogen (secondary N) is 1. The minimum atomic E-state index is 0.0933. The minimum absolute atomic E-state index is 0.0933. The summed E-state index contributed by atoms with van der Waals surface area (Å²) in [5, 5.41) is 3.21. The summed E-state index contributed by atoms with van der Waals surface area (Å²) in [6.07, 6.45) is 3.65. The van der Waals surface area contributed by atoms with Gasteiger partial charge >= 0.3 is 0 Å². The summed E-state index contributed by atoms with van der Waals surface area (Å²) in [7, 11) is 0. The van der Waals surface area contributed by atoms with E-state index in [0.717, 1.165) is 25.8 Å². The fraction of sp³-hybridized carbons (Fsp3) is 0.632. The van der Waals surface area contributed by atoms with Crippen molar-refractivity contribution in [2.24, 2.45) is 17.3 Å². The summed E-state index contributed by atoms with van der Waals surface area (Å²) < 4.78 is 5.80. The van der Waals surface area contributed by atoms with Crippen LogP contribution in [0.2, 0.25) is 0 Å². The summed E-state index contributed by atoms with van der Waals surface area (Å²) in [5.74, 6) is 1.40. The Morgan fingerprint density at radius 3 is 2.68 bits per heavy atom. The van der Waals surface area contributed by atoms with Gasteiger partial charge in [0, 0.05) is 6.54 Å². The average Bonchev–Trinajstić information content (AvgIpc) is 2.92. The van der Waals surface area contributed by atoms with Crippen LogP contribution in [-0.2, 0) is 9.53 Å². The zero-order chi connectivity index (χ0) is 15.3. The Hall–Kier alpha value is -1.35. The van der Waals surface area contributed by atoms with Gasteiger partial charge in [-0.05, 0) is 42.1 Å². The first-order chi connectivity index (χ1) is 10.6. The van der Waals surface area contributed by atoms with Crippen molar-refractivity contribution in [1.29, 1.82) is 0 Å². The van der Waals surface area contributed by atoms with E-state index in [1.165, 1.54) is 5.56 Å². The van der Waals surface area contributed by atoms with Crippen molar-refractivity contribution in [2.75, 3.05) is 6.54 Å². The molecule has 0 radical (unpaired) electrons. The number of amides is 1. The van der Waals surface area contributed by atoms with Crippen LogP contribution in [0.15, 0.2) is 30.3 Å². The lowest BCUT2D eigenvalue weighted by Crippen LogP contribution is -2.37. The lowest BCUT2D eigenvalue weighted by atomic mass is 9.88. The van der Waals surface area contributed by atoms with Crippen molar-refractivity contribution < 1.29 is 9.53 Å². The van der Waals surface area contributed by atoms with Gasteiger partial charge in [-0.15, -0.1) is 0 Å². The highest BCUT2D eigenvalue weighted by Crippen LogP contribution is 2.64. The molecule has 22 heavy (non-hydrogen) atoms. The molecule has 4 rings (SSSR count). The molecule has 2 heterocycles. The van der Waals surface area contributed by atoms with Crippen LogP contribution >= 0.6 is 0 Å². The normalized spacial score (nSPS) is 38.0. The standard InChI is InChI=1S/C19H25NO2/c1-19(2)15(17(19)12-6-4-3-5-7-12)11-20-18(21)14-10-13-8-9-16(14)22-13/h3-7,13-17H,8-11H2,1-2H3,(H,20,21)/t13-,14-,15-,16-,17+/m1/s1. The molecule has 1 aromatic rings. The van der Waals surface area contributed by atoms with E-state index in [1.807, 2.05) is 0 Å². The lowest BCUT2D eigenvalue weighted by molar-refractivity contribution is -0.126. The third-order valence-electron chi connectivity index (χ3n) is 6.15. The number of rotatable bonds is 4. The first kappa shape index (κ1) is 14.3. The van der Waals surface area contributed by atoms with Gasteiger partial charge in [-0.1, -0.05) is 44.2 Å². The quantitative estimate of drug-likeness (QED) is 0.927. The Bertz CT molecular complexity index is 568. The average molecular weight is 299 g/mol. The predicted molar refractivity (Wildman–Crippen MR) is 85.5 cm³/mol. The Morgan fingerprint density at radius 1 is 1.27 bits per heavy atom. The second-order valence-corrected chi connectivity index (χ2v) is 7.78. The molecule has 2 aliphatic heterocycles. The van der Waals surface area contributed by atoms with Crippen LogP contribution in [-0.4, -0.2) is 24.7 Å². The Kier molecular flexibility index (Phi) is 3.30. The SMILES string of the molecule is CC1(C)[C@H](CNC(=O)[C@@H]2C[C@H]3CC[C@H]2O3)[C@@H]1c1ccccc1. The summed E-state index contributed by atoms with van der Waals surface area (Å²) >= 11 is 0. The van der Waals surface area contributed by atoms with Gasteiger partial charge < -0.3 is 10.1 Å². The largest absolute Gasteiger partial charge is 0.374 e. The van der Waals surface area contributed by atoms with Crippen molar-refractivity contribution in [3.05, 3.63) is 35.9 Å². The minimum Gasteiger partial charge on any atom is -0.374 e. The molecule has 3 aliphatic rings. The van der Waals surface area contributed by atoms with Gasteiger partial charge in [-0.25, -0.2) is 0 Å². The van der Waals surface area contributed by atoms with Crippen molar-refractivity contribution >= 4 is 5.91 Å². The molecular weight excluding hydrogens is 274 g/mol. The zero-order valence-corrected chi connectivity index (χ0v) is 13.4. The van der Waals surface area contributed by atoms with Gasteiger partial charge in [0.1, 0.15) is 0 Å². The van der Waals surface area contributed by atoms with E-state index in [0.29, 0.717) is 17.9 Å². The highest BCUT2D eigenvalue weighted by atomic mass is 16.5. The molecule has 1 N–H and O–H groups in total. The summed E-state index contributed by atoms with van der Waals surface area (Å²) in [4.78, 5) is 12.4. The Labute approximate surface area is 132 Å². The van der Waals surface area contributed by atoms with Crippen LogP contribution in [0.4, 0.5) is 0 Å². The van der Waals surface area contributed by atoms with Gasteiger partial charge in [0.05, 0.1) is 18.1 Å². The van der Waals surface area contributed by atoms with E-state index in [-0.39, 0.29) is 23.3 Å². The van der Waals surface area contributed by atoms with Crippen molar-refractivity contribution in [1.82, 2.24) is 5.32 Å². The number of benzene rings is 1. The van der Waals surface area contributed by atoms with Gasteiger partial charge in [-0.3, -0.25) is 4.79 Å². The van der Waals surface area contributed by atoms with E-state index in [4.69, 9.17) is 4.74 Å². The molecule has 118 valence electrons. The van der Waals surface area contributed by atoms with Gasteiger partial charge in [0.2, 0.25) is 5.91 Å². The van der Waals surface area contributed by atoms with E-state index < -0.39 is 0 Å². The zero-order valence-electron chi connectivity index (χ0n) is 13.4. The monoisotopic (exact) mass is 299 g/mol. The maximum Gasteiger partial charge on any atom is 0.225 e. The fourth-order valence-electron chi connectivity index (χ4n) is 4.70. The molecule has 0 spiro atoms. The van der Waals surface area contributed by atoms with E-state index in [2.05, 4.69) is 49.5 Å². The van der Waals surface area contributed by atoms with Crippen LogP contribution < -0.4 is 5.32 Å². The molecule has 5 atom stereocenters. The number of hydrogen-bond donors (Lipinski definition) is 1. The van der Waals surface area contributed by atoms with E-state index in [9.17, 15) is 4.79 Å². The molecule has 3 fully saturated rings. The highest BCUT2D eigenvalue weighted by Gasteiger charge is 2.58. The second kappa shape index (κ2) is 5.09. The third-order valence-corrected chi connectivity index (χ3v) is 6.15. The van der Waals surface area contributed by atoms with Crippen molar-refractivity contribution in [3.8, 4) is 0 Å². The van der Waals surface area contributed by atoms with Crippen LogP contribution in [0.5, 0.6) is 0 Å². The second-order valence-electron chi connectivity index (χ2n) is 7.78. The lowest BCUT2D eigenvalue weighted by Gasteiger charge is -2.18. The predicted octanol–water partition coefficient (Wildman–Crippen LogP) is 3.11. The molecule has 3 heteroatoms. The van der Waals surface area contributed by atoms with Gasteiger partial charge in [0.25, 0.3) is 0 Å². The topological polar surface area (TPSA) is 38.3 Å². The number of carbonyl (C=O) groups excluding carboxylic acids is 1. The van der Waals surface area contributed by atoms with Crippen LogP contribution in [0, 0.1) is 17.3 Å². The smallest absolute Gasteiger partial charge is 0.225 e. The first-order valence-electron chi connectivity index (χ1n) is 8.55. The summed E-state index contributed by atoms with van der Waals surface area (Å²) in [6, 6.07) is 10.7. The molecule has 2 saturated heterocycles. The van der Waals surface area contributed by atoms with E-state index in [1.54, 1.807) is 0 Å². The summed E-state index contributed by atoms with van der Waals surface area (Å²) in [5.41, 5.74) is 1.68. The fourth-order valence-corrected chi connectivity index (χ4v) is 4.70. The van der Waals surface area contributed by atoms with Gasteiger partial charge in [-0.2, -0.15) is 0 Å². The van der Waals surface area contributed by atoms with Crippen molar-refractivity contribution in [3.63, 3.8) is 0 Å². The molecule has 1 aromatic carbocycles. The number of ether oxygens (including phenoxy) is 1. The number of fused-ring (bicyclic) bond motifs is 2. The molecule has 0 aromatic heterocycles. The molecule has 1 aliphatic carbocycles. The molecular formula is C19H25NO2. The van der Waals surface area contributed by atoms with Crippen LogP contribution in [0.3, 0.4) is 0 Å². The summed E-state index contributed by atoms with van der Waals surface area (Å²) in [6.45, 7) is 5.41. The van der Waals surface area contributed by atoms with Gasteiger partial charge in [0.15, 0.2) is 0 Å². The number of hydrogen-bond acceptors (Lipinski definition) is 2. The van der Waals surface area contributed by atoms with Crippen LogP contribution in [0.25, 0.3) is 0 Å². The molecule has 1 amide bonds. The molecule has 1 saturated carbocycles. The maximum atomic E-state index is 12.4.